The molecule has 0 bridgehead atoms. The minimum Gasteiger partial charge on any atom is -0.366 e. The first-order valence-electron chi connectivity index (χ1n) is 15.4. The summed E-state index contributed by atoms with van der Waals surface area (Å²) in [6, 6.07) is 21.8. The van der Waals surface area contributed by atoms with Crippen LogP contribution >= 0.6 is 11.6 Å². The largest absolute Gasteiger partial charge is 0.366 e. The van der Waals surface area contributed by atoms with Crippen LogP contribution in [0.3, 0.4) is 0 Å². The number of benzene rings is 3. The highest BCUT2D eigenvalue weighted by Gasteiger charge is 2.33. The summed E-state index contributed by atoms with van der Waals surface area (Å²) in [5.41, 5.74) is 4.68. The first-order chi connectivity index (χ1) is 21.5. The highest BCUT2D eigenvalue weighted by molar-refractivity contribution is 7.92. The number of hydrogen-bond acceptors (Lipinski definition) is 6. The average molecular weight is 654 g/mol. The van der Waals surface area contributed by atoms with Gasteiger partial charge in [0.1, 0.15) is 6.04 Å². The second-order valence-electron chi connectivity index (χ2n) is 12.3. The molecule has 2 heterocycles. The molecule has 0 spiro atoms. The Labute approximate surface area is 273 Å². The zero-order valence-corrected chi connectivity index (χ0v) is 27.7. The number of sulfonamides is 1. The van der Waals surface area contributed by atoms with E-state index >= 15 is 0 Å². The van der Waals surface area contributed by atoms with Crippen LogP contribution in [0.2, 0.25) is 5.02 Å². The van der Waals surface area contributed by atoms with Gasteiger partial charge in [-0.15, -0.1) is 0 Å². The maximum atomic E-state index is 14.0. The highest BCUT2D eigenvalue weighted by atomic mass is 35.5. The fraction of sp³-hybridized carbons (Fsp3) is 0.412. The maximum absolute atomic E-state index is 14.0. The van der Waals surface area contributed by atoms with Crippen LogP contribution in [-0.4, -0.2) is 76.2 Å². The first kappa shape index (κ1) is 32.8. The van der Waals surface area contributed by atoms with Crippen molar-refractivity contribution in [3.05, 3.63) is 94.5 Å². The lowest BCUT2D eigenvalue weighted by Gasteiger charge is -2.39. The zero-order chi connectivity index (χ0) is 32.1. The molecule has 2 N–H and O–H groups in total. The van der Waals surface area contributed by atoms with Gasteiger partial charge in [-0.25, -0.2) is 8.42 Å². The summed E-state index contributed by atoms with van der Waals surface area (Å²) in [6.45, 7) is 6.91. The SMILES string of the molecule is CC(C)CN(c1ccccc1N1CCN(C(=O)[C@@H](Cc2ccc(Cl)cc2)NC(=O)[C@@H]2Cc3ccccc3CN2)CC1)S(C)(=O)=O.[HH]. The Bertz CT molecular complexity index is 1610. The van der Waals surface area contributed by atoms with Crippen molar-refractivity contribution in [2.75, 3.05) is 48.2 Å². The van der Waals surface area contributed by atoms with Crippen molar-refractivity contribution in [3.8, 4) is 0 Å². The molecule has 242 valence electrons. The quantitative estimate of drug-likeness (QED) is 0.342. The second-order valence-corrected chi connectivity index (χ2v) is 14.6. The molecule has 2 aliphatic heterocycles. The second kappa shape index (κ2) is 14.2. The minimum absolute atomic E-state index is 0. The Morgan fingerprint density at radius 2 is 1.62 bits per heavy atom. The van der Waals surface area contributed by atoms with Crippen LogP contribution in [0.1, 0.15) is 32.0 Å². The highest BCUT2D eigenvalue weighted by Crippen LogP contribution is 2.32. The van der Waals surface area contributed by atoms with Gasteiger partial charge < -0.3 is 20.4 Å². The molecular formula is C34H44ClN5O4S. The van der Waals surface area contributed by atoms with E-state index in [0.29, 0.717) is 62.8 Å². The summed E-state index contributed by atoms with van der Waals surface area (Å²) in [5, 5.41) is 7.00. The first-order valence-corrected chi connectivity index (χ1v) is 17.7. The predicted octanol–water partition coefficient (Wildman–Crippen LogP) is 4.10. The van der Waals surface area contributed by atoms with Crippen LogP contribution in [0.4, 0.5) is 11.4 Å². The van der Waals surface area contributed by atoms with E-state index in [-0.39, 0.29) is 19.2 Å². The Morgan fingerprint density at radius 3 is 2.29 bits per heavy atom. The Kier molecular flexibility index (Phi) is 10.4. The fourth-order valence-electron chi connectivity index (χ4n) is 6.04. The predicted molar refractivity (Wildman–Crippen MR) is 182 cm³/mol. The number of para-hydroxylation sites is 2. The molecular weight excluding hydrogens is 610 g/mol. The number of carbonyl (C=O) groups excluding carboxylic acids is 2. The normalized spacial score (nSPS) is 17.5. The molecule has 0 radical (unpaired) electrons. The Morgan fingerprint density at radius 1 is 0.978 bits per heavy atom. The van der Waals surface area contributed by atoms with Gasteiger partial charge in [-0.2, -0.15) is 0 Å². The number of piperazine rings is 1. The molecule has 1 saturated heterocycles. The van der Waals surface area contributed by atoms with Gasteiger partial charge >= 0.3 is 0 Å². The van der Waals surface area contributed by atoms with E-state index in [1.165, 1.54) is 16.1 Å². The summed E-state index contributed by atoms with van der Waals surface area (Å²) < 4.78 is 27.0. The number of halogens is 1. The monoisotopic (exact) mass is 653 g/mol. The average Bonchev–Trinajstić information content (AvgIpc) is 3.03. The van der Waals surface area contributed by atoms with Crippen LogP contribution in [0.25, 0.3) is 0 Å². The van der Waals surface area contributed by atoms with Crippen LogP contribution in [0.15, 0.2) is 72.8 Å². The number of amides is 2. The molecule has 0 aliphatic carbocycles. The molecule has 0 aromatic heterocycles. The molecule has 11 heteroatoms. The van der Waals surface area contributed by atoms with Crippen LogP contribution in [0, 0.1) is 5.92 Å². The lowest BCUT2D eigenvalue weighted by atomic mass is 9.95. The molecule has 2 amide bonds. The van der Waals surface area contributed by atoms with Crippen LogP contribution in [-0.2, 0) is 39.0 Å². The summed E-state index contributed by atoms with van der Waals surface area (Å²) >= 11 is 6.11. The van der Waals surface area contributed by atoms with Crippen molar-refractivity contribution in [1.82, 2.24) is 15.5 Å². The van der Waals surface area contributed by atoms with Gasteiger partial charge in [0.05, 0.1) is 23.7 Å². The van der Waals surface area contributed by atoms with Gasteiger partial charge in [0.25, 0.3) is 0 Å². The van der Waals surface area contributed by atoms with E-state index in [2.05, 4.69) is 21.6 Å². The van der Waals surface area contributed by atoms with Gasteiger partial charge in [0.2, 0.25) is 21.8 Å². The fourth-order valence-corrected chi connectivity index (χ4v) is 7.25. The van der Waals surface area contributed by atoms with Crippen molar-refractivity contribution in [2.24, 2.45) is 5.92 Å². The Hall–Kier alpha value is -3.60. The zero-order valence-electron chi connectivity index (χ0n) is 26.1. The van der Waals surface area contributed by atoms with E-state index in [1.807, 2.05) is 68.4 Å². The summed E-state index contributed by atoms with van der Waals surface area (Å²) in [7, 11) is -3.49. The lowest BCUT2D eigenvalue weighted by molar-refractivity contribution is -0.137. The van der Waals surface area contributed by atoms with Gasteiger partial charge in [0.15, 0.2) is 0 Å². The molecule has 3 aromatic carbocycles. The van der Waals surface area contributed by atoms with E-state index in [0.717, 1.165) is 16.8 Å². The van der Waals surface area contributed by atoms with Crippen molar-refractivity contribution < 1.29 is 19.4 Å². The van der Waals surface area contributed by atoms with Crippen molar-refractivity contribution in [1.29, 1.82) is 0 Å². The van der Waals surface area contributed by atoms with Crippen molar-refractivity contribution >= 4 is 44.8 Å². The molecule has 3 aromatic rings. The standard InChI is InChI=1S/C34H42ClN5O4S.H2/c1-24(2)23-40(45(3,43)44)32-11-7-6-10-31(32)38-16-18-39(19-17-38)34(42)30(20-25-12-14-28(35)15-13-25)37-33(41)29-21-26-8-4-5-9-27(26)22-36-29;/h4-15,24,29-30,36H,16-23H2,1-3H3,(H,37,41);1H/t29-,30+;/m0./s1. The number of nitrogens with zero attached hydrogens (tertiary/aromatic N) is 3. The van der Waals surface area contributed by atoms with Gasteiger partial charge in [0, 0.05) is 52.1 Å². The lowest BCUT2D eigenvalue weighted by Crippen LogP contribution is -2.58. The summed E-state index contributed by atoms with van der Waals surface area (Å²) in [4.78, 5) is 31.5. The molecule has 0 unspecified atom stereocenters. The van der Waals surface area contributed by atoms with E-state index in [1.54, 1.807) is 17.0 Å². The summed E-state index contributed by atoms with van der Waals surface area (Å²) in [5.74, 6) is -0.191. The van der Waals surface area contributed by atoms with E-state index < -0.39 is 22.1 Å². The van der Waals surface area contributed by atoms with Gasteiger partial charge in [-0.05, 0) is 53.3 Å². The molecule has 2 atom stereocenters. The molecule has 1 fully saturated rings. The van der Waals surface area contributed by atoms with Crippen molar-refractivity contribution in [3.63, 3.8) is 0 Å². The number of nitrogens with one attached hydrogen (secondary N) is 2. The molecule has 0 saturated carbocycles. The van der Waals surface area contributed by atoms with Gasteiger partial charge in [-0.3, -0.25) is 13.9 Å². The molecule has 2 aliphatic rings. The Balaban J connectivity index is 0.00000480. The van der Waals surface area contributed by atoms with Gasteiger partial charge in [-0.1, -0.05) is 74.0 Å². The number of rotatable bonds is 10. The topological polar surface area (TPSA) is 102 Å². The third-order valence-corrected chi connectivity index (χ3v) is 9.78. The molecule has 9 nitrogen and oxygen atoms in total. The van der Waals surface area contributed by atoms with Crippen LogP contribution < -0.4 is 19.8 Å². The van der Waals surface area contributed by atoms with E-state index in [4.69, 9.17) is 11.6 Å². The number of carbonyl (C=O) groups is 2. The van der Waals surface area contributed by atoms with Crippen molar-refractivity contribution in [2.45, 2.75) is 45.3 Å². The minimum atomic E-state index is -3.49. The third-order valence-electron chi connectivity index (χ3n) is 8.38. The third kappa shape index (κ3) is 8.17. The molecule has 5 rings (SSSR count). The smallest absolute Gasteiger partial charge is 0.245 e. The number of anilines is 2. The maximum Gasteiger partial charge on any atom is 0.245 e. The van der Waals surface area contributed by atoms with E-state index in [9.17, 15) is 18.0 Å². The number of hydrogen-bond donors (Lipinski definition) is 2. The molecule has 45 heavy (non-hydrogen) atoms. The summed E-state index contributed by atoms with van der Waals surface area (Å²) in [6.07, 6.45) is 2.13. The number of fused-ring (bicyclic) bond motifs is 1. The van der Waals surface area contributed by atoms with Crippen LogP contribution in [0.5, 0.6) is 0 Å².